The predicted octanol–water partition coefficient (Wildman–Crippen LogP) is 3.66. The number of carboxylic acid groups (broad SMARTS) is 1. The SMILES string of the molecule is N[C@@H](CC(=O)N1CCS[C@@H]1C(=O)NCc1ccc(OC(Cc2ccccc2)C(=O)O)cc1)Cc1cc(F)c(F)cc1F. The topological polar surface area (TPSA) is 122 Å². The van der Waals surface area contributed by atoms with Crippen LogP contribution in [0.1, 0.15) is 23.1 Å². The van der Waals surface area contributed by atoms with Crippen molar-refractivity contribution in [2.75, 3.05) is 12.3 Å². The first-order valence-electron chi connectivity index (χ1n) is 13.2. The lowest BCUT2D eigenvalue weighted by Gasteiger charge is -2.24. The Kier molecular flexibility index (Phi) is 10.5. The number of rotatable bonds is 12. The van der Waals surface area contributed by atoms with Gasteiger partial charge < -0.3 is 25.8 Å². The molecule has 1 heterocycles. The van der Waals surface area contributed by atoms with Crippen LogP contribution in [0.4, 0.5) is 13.2 Å². The molecule has 1 aliphatic rings. The number of carboxylic acids is 1. The molecule has 12 heteroatoms. The summed E-state index contributed by atoms with van der Waals surface area (Å²) in [6.07, 6.45) is -1.24. The van der Waals surface area contributed by atoms with Crippen molar-refractivity contribution in [2.24, 2.45) is 5.73 Å². The van der Waals surface area contributed by atoms with Crippen molar-refractivity contribution in [3.05, 3.63) is 101 Å². The number of carbonyl (C=O) groups excluding carboxylic acids is 2. The average molecular weight is 602 g/mol. The minimum absolute atomic E-state index is 0.134. The number of nitrogens with two attached hydrogens (primary N) is 1. The van der Waals surface area contributed by atoms with E-state index in [2.05, 4.69) is 5.32 Å². The van der Waals surface area contributed by atoms with Crippen LogP contribution in [0.15, 0.2) is 66.7 Å². The Hall–Kier alpha value is -4.03. The van der Waals surface area contributed by atoms with E-state index in [1.54, 1.807) is 24.3 Å². The molecule has 1 saturated heterocycles. The van der Waals surface area contributed by atoms with E-state index in [1.165, 1.54) is 16.7 Å². The zero-order chi connectivity index (χ0) is 30.2. The lowest BCUT2D eigenvalue weighted by atomic mass is 10.0. The quantitative estimate of drug-likeness (QED) is 0.271. The third-order valence-electron chi connectivity index (χ3n) is 6.65. The van der Waals surface area contributed by atoms with Crippen molar-refractivity contribution in [3.8, 4) is 5.75 Å². The largest absolute Gasteiger partial charge is 0.478 e. The molecule has 0 aromatic heterocycles. The number of ether oxygens (including phenoxy) is 1. The van der Waals surface area contributed by atoms with Gasteiger partial charge in [0.2, 0.25) is 5.91 Å². The molecular formula is C30H30F3N3O5S. The van der Waals surface area contributed by atoms with Crippen molar-refractivity contribution in [2.45, 2.75) is 43.3 Å². The molecule has 2 amide bonds. The molecule has 42 heavy (non-hydrogen) atoms. The first-order chi connectivity index (χ1) is 20.1. The van der Waals surface area contributed by atoms with E-state index >= 15 is 0 Å². The molecule has 1 fully saturated rings. The highest BCUT2D eigenvalue weighted by Gasteiger charge is 2.35. The summed E-state index contributed by atoms with van der Waals surface area (Å²) < 4.78 is 46.3. The molecule has 222 valence electrons. The molecule has 3 aromatic carbocycles. The van der Waals surface area contributed by atoms with Gasteiger partial charge in [-0.2, -0.15) is 0 Å². The fourth-order valence-corrected chi connectivity index (χ4v) is 5.66. The van der Waals surface area contributed by atoms with E-state index in [1.807, 2.05) is 30.3 Å². The minimum Gasteiger partial charge on any atom is -0.478 e. The standard InChI is InChI=1S/C30H30F3N3O5S/c31-23-16-25(33)24(32)14-20(23)13-21(34)15-27(37)36-10-11-42-29(36)28(38)35-17-19-6-8-22(9-7-19)41-26(30(39)40)12-18-4-2-1-3-5-18/h1-9,14,16,21,26,29H,10-13,15,17,34H2,(H,35,38)(H,39,40)/t21-,26?,29-/m1/s1. The average Bonchev–Trinajstić information content (AvgIpc) is 3.46. The van der Waals surface area contributed by atoms with Gasteiger partial charge in [-0.1, -0.05) is 42.5 Å². The molecule has 0 spiro atoms. The van der Waals surface area contributed by atoms with Crippen molar-refractivity contribution < 1.29 is 37.4 Å². The van der Waals surface area contributed by atoms with Gasteiger partial charge in [-0.15, -0.1) is 11.8 Å². The summed E-state index contributed by atoms with van der Waals surface area (Å²) in [5, 5.41) is 11.6. The van der Waals surface area contributed by atoms with Gasteiger partial charge in [0.25, 0.3) is 5.91 Å². The number of hydrogen-bond donors (Lipinski definition) is 3. The summed E-state index contributed by atoms with van der Waals surface area (Å²) in [4.78, 5) is 38.9. The van der Waals surface area contributed by atoms with Crippen molar-refractivity contribution in [1.82, 2.24) is 10.2 Å². The number of thioether (sulfide) groups is 1. The Balaban J connectivity index is 1.27. The second kappa shape index (κ2) is 14.2. The Morgan fingerprint density at radius 2 is 1.67 bits per heavy atom. The number of benzene rings is 3. The Labute approximate surface area is 245 Å². The van der Waals surface area contributed by atoms with Gasteiger partial charge in [-0.25, -0.2) is 18.0 Å². The van der Waals surface area contributed by atoms with Crippen LogP contribution in [-0.4, -0.2) is 57.6 Å². The van der Waals surface area contributed by atoms with E-state index in [-0.39, 0.29) is 37.3 Å². The number of amides is 2. The second-order valence-corrected chi connectivity index (χ2v) is 11.0. The third kappa shape index (κ3) is 8.26. The maximum Gasteiger partial charge on any atom is 0.345 e. The third-order valence-corrected chi connectivity index (χ3v) is 7.85. The van der Waals surface area contributed by atoms with Gasteiger partial charge in [0.15, 0.2) is 23.1 Å². The molecule has 1 unspecified atom stereocenters. The molecule has 3 atom stereocenters. The monoisotopic (exact) mass is 601 g/mol. The normalized spacial score (nSPS) is 16.1. The lowest BCUT2D eigenvalue weighted by Crippen LogP contribution is -2.46. The molecule has 4 N–H and O–H groups in total. The molecule has 1 aliphatic heterocycles. The highest BCUT2D eigenvalue weighted by Crippen LogP contribution is 2.26. The zero-order valence-corrected chi connectivity index (χ0v) is 23.3. The van der Waals surface area contributed by atoms with Crippen LogP contribution in [0.3, 0.4) is 0 Å². The second-order valence-electron chi connectivity index (χ2n) is 9.83. The summed E-state index contributed by atoms with van der Waals surface area (Å²) in [6.45, 7) is 0.493. The molecule has 8 nitrogen and oxygen atoms in total. The Bertz CT molecular complexity index is 1410. The number of aliphatic carboxylic acids is 1. The maximum atomic E-state index is 14.0. The first kappa shape index (κ1) is 30.9. The van der Waals surface area contributed by atoms with E-state index in [9.17, 15) is 32.7 Å². The number of nitrogens with zero attached hydrogens (tertiary/aromatic N) is 1. The number of hydrogen-bond acceptors (Lipinski definition) is 6. The fourth-order valence-electron chi connectivity index (χ4n) is 4.49. The predicted molar refractivity (Wildman–Crippen MR) is 151 cm³/mol. The van der Waals surface area contributed by atoms with Gasteiger partial charge in [-0.3, -0.25) is 9.59 Å². The van der Waals surface area contributed by atoms with Crippen LogP contribution in [0.25, 0.3) is 0 Å². The smallest absolute Gasteiger partial charge is 0.345 e. The van der Waals surface area contributed by atoms with E-state index in [0.29, 0.717) is 24.1 Å². The number of carbonyl (C=O) groups is 3. The highest BCUT2D eigenvalue weighted by molar-refractivity contribution is 8.00. The Morgan fingerprint density at radius 3 is 2.36 bits per heavy atom. The van der Waals surface area contributed by atoms with Crippen molar-refractivity contribution in [3.63, 3.8) is 0 Å². The summed E-state index contributed by atoms with van der Waals surface area (Å²) in [7, 11) is 0. The van der Waals surface area contributed by atoms with E-state index in [0.717, 1.165) is 17.2 Å². The molecule has 4 rings (SSSR count). The fraction of sp³-hybridized carbons (Fsp3) is 0.300. The van der Waals surface area contributed by atoms with Crippen LogP contribution in [0, 0.1) is 17.5 Å². The summed E-state index contributed by atoms with van der Waals surface area (Å²) in [5.41, 5.74) is 7.44. The summed E-state index contributed by atoms with van der Waals surface area (Å²) in [5.74, 6) is -4.40. The van der Waals surface area contributed by atoms with Crippen LogP contribution < -0.4 is 15.8 Å². The van der Waals surface area contributed by atoms with Crippen LogP contribution >= 0.6 is 11.8 Å². The van der Waals surface area contributed by atoms with Crippen LogP contribution in [0.2, 0.25) is 0 Å². The summed E-state index contributed by atoms with van der Waals surface area (Å²) in [6, 6.07) is 16.1. The molecule has 3 aromatic rings. The van der Waals surface area contributed by atoms with Crippen LogP contribution in [-0.2, 0) is 33.8 Å². The van der Waals surface area contributed by atoms with Gasteiger partial charge in [0.1, 0.15) is 11.6 Å². The number of nitrogens with one attached hydrogen (secondary N) is 1. The van der Waals surface area contributed by atoms with Crippen molar-refractivity contribution >= 4 is 29.5 Å². The summed E-state index contributed by atoms with van der Waals surface area (Å²) >= 11 is 1.30. The minimum atomic E-state index is -1.31. The number of halogens is 3. The van der Waals surface area contributed by atoms with Gasteiger partial charge in [-0.05, 0) is 41.3 Å². The molecule has 0 aliphatic carbocycles. The molecule has 0 saturated carbocycles. The van der Waals surface area contributed by atoms with Crippen molar-refractivity contribution in [1.29, 1.82) is 0 Å². The molecule has 0 bridgehead atoms. The maximum absolute atomic E-state index is 14.0. The molecule has 0 radical (unpaired) electrons. The molecular weight excluding hydrogens is 571 g/mol. The zero-order valence-electron chi connectivity index (χ0n) is 22.5. The lowest BCUT2D eigenvalue weighted by molar-refractivity contribution is -0.145. The van der Waals surface area contributed by atoms with E-state index in [4.69, 9.17) is 10.5 Å². The van der Waals surface area contributed by atoms with E-state index < -0.39 is 46.8 Å². The van der Waals surface area contributed by atoms with Gasteiger partial charge >= 0.3 is 5.97 Å². The van der Waals surface area contributed by atoms with Gasteiger partial charge in [0.05, 0.1) is 0 Å². The van der Waals surface area contributed by atoms with Gasteiger partial charge in [0, 0.05) is 43.8 Å². The Morgan fingerprint density at radius 1 is 0.976 bits per heavy atom. The highest BCUT2D eigenvalue weighted by atomic mass is 32.2. The first-order valence-corrected chi connectivity index (χ1v) is 14.3. The van der Waals surface area contributed by atoms with Crippen LogP contribution in [0.5, 0.6) is 5.75 Å².